The van der Waals surface area contributed by atoms with E-state index in [1.807, 2.05) is 4.90 Å². The predicted molar refractivity (Wildman–Crippen MR) is 122 cm³/mol. The number of β-lactam (4-membered cyclic amide) rings is 1. The van der Waals surface area contributed by atoms with Crippen LogP contribution in [0.25, 0.3) is 0 Å². The molecule has 1 unspecified atom stereocenters. The molecule has 1 saturated carbocycles. The van der Waals surface area contributed by atoms with E-state index in [1.54, 1.807) is 32.4 Å². The maximum Gasteiger partial charge on any atom is 0.250 e. The lowest BCUT2D eigenvalue weighted by Crippen LogP contribution is -2.66. The third-order valence-electron chi connectivity index (χ3n) is 7.72. The highest BCUT2D eigenvalue weighted by atomic mass is 16.5. The summed E-state index contributed by atoms with van der Waals surface area (Å²) in [6, 6.07) is 14.0. The van der Waals surface area contributed by atoms with E-state index < -0.39 is 5.54 Å². The quantitative estimate of drug-likeness (QED) is 0.727. The van der Waals surface area contributed by atoms with Crippen molar-refractivity contribution in [1.82, 2.24) is 4.90 Å². The molecular weight excluding hydrogens is 404 g/mol. The summed E-state index contributed by atoms with van der Waals surface area (Å²) in [6.07, 6.45) is 4.94. The van der Waals surface area contributed by atoms with Crippen molar-refractivity contribution in [2.75, 3.05) is 26.1 Å². The van der Waals surface area contributed by atoms with Gasteiger partial charge < -0.3 is 19.7 Å². The first-order chi connectivity index (χ1) is 15.5. The van der Waals surface area contributed by atoms with Crippen molar-refractivity contribution in [2.45, 2.75) is 44.1 Å². The molecule has 5 rings (SSSR count). The van der Waals surface area contributed by atoms with Crippen molar-refractivity contribution < 1.29 is 19.1 Å². The van der Waals surface area contributed by atoms with Crippen molar-refractivity contribution in [3.05, 3.63) is 53.6 Å². The van der Waals surface area contributed by atoms with E-state index in [9.17, 15) is 9.59 Å². The van der Waals surface area contributed by atoms with Gasteiger partial charge in [-0.3, -0.25) is 9.59 Å². The molecule has 1 N–H and O–H groups in total. The molecular formula is C26H30N2O4. The van der Waals surface area contributed by atoms with Gasteiger partial charge in [0.15, 0.2) is 0 Å². The van der Waals surface area contributed by atoms with Crippen LogP contribution >= 0.6 is 0 Å². The Hall–Kier alpha value is -3.02. The number of hydrogen-bond donors (Lipinski definition) is 1. The molecule has 6 heteroatoms. The average molecular weight is 435 g/mol. The number of likely N-dealkylation sites (tertiary alicyclic amines) is 1. The van der Waals surface area contributed by atoms with Gasteiger partial charge in [0, 0.05) is 19.0 Å². The highest BCUT2D eigenvalue weighted by molar-refractivity contribution is 6.02. The lowest BCUT2D eigenvalue weighted by atomic mass is 9.62. The first kappa shape index (κ1) is 20.9. The largest absolute Gasteiger partial charge is 0.497 e. The zero-order chi connectivity index (χ0) is 22.3. The van der Waals surface area contributed by atoms with Crippen molar-refractivity contribution in [3.8, 4) is 11.5 Å². The Bertz CT molecular complexity index is 1050. The third kappa shape index (κ3) is 3.42. The summed E-state index contributed by atoms with van der Waals surface area (Å²) < 4.78 is 10.8. The van der Waals surface area contributed by atoms with E-state index >= 15 is 0 Å². The Kier molecular flexibility index (Phi) is 5.31. The maximum atomic E-state index is 13.8. The first-order valence-electron chi connectivity index (χ1n) is 11.4. The second-order valence-electron chi connectivity index (χ2n) is 9.29. The predicted octanol–water partition coefficient (Wildman–Crippen LogP) is 3.83. The molecule has 2 aliphatic carbocycles. The molecule has 2 fully saturated rings. The Morgan fingerprint density at radius 3 is 2.44 bits per heavy atom. The van der Waals surface area contributed by atoms with Gasteiger partial charge in [-0.25, -0.2) is 0 Å². The first-order valence-corrected chi connectivity index (χ1v) is 11.4. The van der Waals surface area contributed by atoms with Crippen LogP contribution in [-0.2, 0) is 22.4 Å². The van der Waals surface area contributed by atoms with Crippen LogP contribution in [-0.4, -0.2) is 43.0 Å². The van der Waals surface area contributed by atoms with Gasteiger partial charge in [0.2, 0.25) is 11.8 Å². The summed E-state index contributed by atoms with van der Waals surface area (Å²) in [6.45, 7) is 0.653. The number of nitrogens with zero attached hydrogens (tertiary/aromatic N) is 1. The van der Waals surface area contributed by atoms with Crippen molar-refractivity contribution in [2.24, 2.45) is 11.8 Å². The van der Waals surface area contributed by atoms with Crippen molar-refractivity contribution in [3.63, 3.8) is 0 Å². The van der Waals surface area contributed by atoms with Gasteiger partial charge in [0.1, 0.15) is 17.0 Å². The summed E-state index contributed by atoms with van der Waals surface area (Å²) in [7, 11) is 3.17. The van der Waals surface area contributed by atoms with Crippen LogP contribution < -0.4 is 14.8 Å². The number of fused-ring (bicyclic) bond motifs is 2. The van der Waals surface area contributed by atoms with Gasteiger partial charge in [-0.05, 0) is 67.2 Å². The average Bonchev–Trinajstić information content (AvgIpc) is 2.81. The van der Waals surface area contributed by atoms with Crippen LogP contribution in [0.2, 0.25) is 0 Å². The van der Waals surface area contributed by atoms with Crippen LogP contribution in [0.3, 0.4) is 0 Å². The van der Waals surface area contributed by atoms with Crippen molar-refractivity contribution >= 4 is 17.5 Å². The third-order valence-corrected chi connectivity index (χ3v) is 7.72. The van der Waals surface area contributed by atoms with Gasteiger partial charge in [-0.15, -0.1) is 0 Å². The number of amides is 2. The van der Waals surface area contributed by atoms with E-state index in [1.165, 1.54) is 11.1 Å². The normalized spacial score (nSPS) is 26.4. The molecule has 0 bridgehead atoms. The minimum Gasteiger partial charge on any atom is -0.497 e. The SMILES string of the molecule is COc1ccc(NC(=O)C2(N3CCC3=O)CC[C@@H]3Cc4ccccc4C[C@H]3C2)c(OC)c1. The molecule has 32 heavy (non-hydrogen) atoms. The van der Waals surface area contributed by atoms with E-state index in [-0.39, 0.29) is 11.8 Å². The molecule has 168 valence electrons. The molecule has 0 spiro atoms. The van der Waals surface area contributed by atoms with Gasteiger partial charge >= 0.3 is 0 Å². The highest BCUT2D eigenvalue weighted by Crippen LogP contribution is 2.48. The van der Waals surface area contributed by atoms with E-state index in [4.69, 9.17) is 9.47 Å². The summed E-state index contributed by atoms with van der Waals surface area (Å²) in [5.41, 5.74) is 2.63. The second kappa shape index (κ2) is 8.15. The number of benzene rings is 2. The van der Waals surface area contributed by atoms with Gasteiger partial charge in [-0.2, -0.15) is 0 Å². The second-order valence-corrected chi connectivity index (χ2v) is 9.29. The molecule has 0 aromatic heterocycles. The molecule has 2 amide bonds. The Morgan fingerprint density at radius 2 is 1.81 bits per heavy atom. The molecule has 2 aromatic rings. The lowest BCUT2D eigenvalue weighted by Gasteiger charge is -2.53. The number of hydrogen-bond acceptors (Lipinski definition) is 4. The lowest BCUT2D eigenvalue weighted by molar-refractivity contribution is -0.159. The molecule has 2 aromatic carbocycles. The summed E-state index contributed by atoms with van der Waals surface area (Å²) in [5.74, 6) is 2.15. The smallest absolute Gasteiger partial charge is 0.250 e. The molecule has 6 nitrogen and oxygen atoms in total. The summed E-state index contributed by atoms with van der Waals surface area (Å²) in [4.78, 5) is 28.2. The highest BCUT2D eigenvalue weighted by Gasteiger charge is 2.54. The Morgan fingerprint density at radius 1 is 1.06 bits per heavy atom. The number of rotatable bonds is 5. The number of ether oxygens (including phenoxy) is 2. The Labute approximate surface area is 188 Å². The van der Waals surface area contributed by atoms with Crippen molar-refractivity contribution in [1.29, 1.82) is 0 Å². The molecule has 1 heterocycles. The van der Waals surface area contributed by atoms with E-state index in [2.05, 4.69) is 29.6 Å². The minimum absolute atomic E-state index is 0.0801. The zero-order valence-corrected chi connectivity index (χ0v) is 18.7. The minimum atomic E-state index is -0.798. The molecule has 3 aliphatic rings. The van der Waals surface area contributed by atoms with Gasteiger partial charge in [0.05, 0.1) is 19.9 Å². The monoisotopic (exact) mass is 434 g/mol. The van der Waals surface area contributed by atoms with Gasteiger partial charge in [0.25, 0.3) is 0 Å². The number of carbonyl (C=O) groups is 2. The zero-order valence-electron chi connectivity index (χ0n) is 18.7. The van der Waals surface area contributed by atoms with Crippen LogP contribution in [0.5, 0.6) is 11.5 Å². The van der Waals surface area contributed by atoms with E-state index in [0.29, 0.717) is 54.8 Å². The number of anilines is 1. The summed E-state index contributed by atoms with van der Waals surface area (Å²) in [5, 5.41) is 3.09. The maximum absolute atomic E-state index is 13.8. The molecule has 3 atom stereocenters. The fraction of sp³-hybridized carbons (Fsp3) is 0.462. The molecule has 0 radical (unpaired) electrons. The molecule has 1 aliphatic heterocycles. The number of carbonyl (C=O) groups excluding carboxylic acids is 2. The Balaban J connectivity index is 1.44. The standard InChI is InChI=1S/C26H30N2O4/c1-31-21-7-8-22(23(15-21)32-2)27-25(30)26(28-12-10-24(28)29)11-9-19-13-17-5-3-4-6-18(17)14-20(19)16-26/h3-8,15,19-20H,9-14,16H2,1-2H3,(H,27,30)/t19-,20+,26?/m1/s1. The molecule has 1 saturated heterocycles. The van der Waals surface area contributed by atoms with Crippen LogP contribution in [0, 0.1) is 11.8 Å². The summed E-state index contributed by atoms with van der Waals surface area (Å²) >= 11 is 0. The van der Waals surface area contributed by atoms with Crippen LogP contribution in [0.15, 0.2) is 42.5 Å². The fourth-order valence-electron chi connectivity index (χ4n) is 5.87. The van der Waals surface area contributed by atoms with Crippen LogP contribution in [0.1, 0.15) is 36.8 Å². The van der Waals surface area contributed by atoms with Gasteiger partial charge in [-0.1, -0.05) is 24.3 Å². The topological polar surface area (TPSA) is 67.9 Å². The van der Waals surface area contributed by atoms with E-state index in [0.717, 1.165) is 19.3 Å². The fourth-order valence-corrected chi connectivity index (χ4v) is 5.87. The number of nitrogens with one attached hydrogen (secondary N) is 1. The van der Waals surface area contributed by atoms with Crippen LogP contribution in [0.4, 0.5) is 5.69 Å². The number of methoxy groups -OCH3 is 2.